The molecular formula is C11H23NO2. The van der Waals surface area contributed by atoms with Crippen LogP contribution >= 0.6 is 0 Å². The van der Waals surface area contributed by atoms with Crippen molar-refractivity contribution >= 4 is 5.91 Å². The van der Waals surface area contributed by atoms with Crippen molar-refractivity contribution < 1.29 is 9.53 Å². The topological polar surface area (TPSA) is 29.5 Å². The lowest BCUT2D eigenvalue weighted by Crippen LogP contribution is -2.45. The highest BCUT2D eigenvalue weighted by atomic mass is 16.5. The standard InChI is InChI=1S/C9H17NO2.C2H6/c1-7-6-9(12-3)4-5-10(7)8(2)11;1-2/h7,9H,4-6H2,1-3H3;1-2H3. The highest BCUT2D eigenvalue weighted by Crippen LogP contribution is 2.18. The first kappa shape index (κ1) is 13.4. The van der Waals surface area contributed by atoms with Crippen LogP contribution in [0.2, 0.25) is 0 Å². The highest BCUT2D eigenvalue weighted by Gasteiger charge is 2.26. The van der Waals surface area contributed by atoms with Gasteiger partial charge in [-0.15, -0.1) is 0 Å². The van der Waals surface area contributed by atoms with Crippen molar-refractivity contribution in [1.29, 1.82) is 0 Å². The predicted octanol–water partition coefficient (Wildman–Crippen LogP) is 2.06. The Labute approximate surface area is 87.4 Å². The van der Waals surface area contributed by atoms with Crippen molar-refractivity contribution in [3.05, 3.63) is 0 Å². The Hall–Kier alpha value is -0.570. The van der Waals surface area contributed by atoms with E-state index in [1.165, 1.54) is 0 Å². The summed E-state index contributed by atoms with van der Waals surface area (Å²) in [4.78, 5) is 13.0. The molecule has 2 atom stereocenters. The van der Waals surface area contributed by atoms with Gasteiger partial charge in [0.15, 0.2) is 0 Å². The molecule has 0 aromatic heterocycles. The molecule has 84 valence electrons. The number of carbonyl (C=O) groups is 1. The average Bonchev–Trinajstić information content (AvgIpc) is 2.20. The fraction of sp³-hybridized carbons (Fsp3) is 0.909. The molecule has 0 bridgehead atoms. The molecule has 1 rings (SSSR count). The van der Waals surface area contributed by atoms with E-state index in [4.69, 9.17) is 4.74 Å². The number of ether oxygens (including phenoxy) is 1. The molecule has 0 aromatic carbocycles. The molecule has 0 spiro atoms. The van der Waals surface area contributed by atoms with Crippen LogP contribution in [0.1, 0.15) is 40.5 Å². The van der Waals surface area contributed by atoms with Crippen molar-refractivity contribution in [2.24, 2.45) is 0 Å². The van der Waals surface area contributed by atoms with Gasteiger partial charge in [-0.2, -0.15) is 0 Å². The van der Waals surface area contributed by atoms with Crippen LogP contribution in [0.3, 0.4) is 0 Å². The molecule has 0 aromatic rings. The van der Waals surface area contributed by atoms with Crippen LogP contribution in [0.25, 0.3) is 0 Å². The van der Waals surface area contributed by atoms with Crippen LogP contribution in [0.5, 0.6) is 0 Å². The summed E-state index contributed by atoms with van der Waals surface area (Å²) in [6.45, 7) is 8.55. The largest absolute Gasteiger partial charge is 0.381 e. The number of hydrogen-bond acceptors (Lipinski definition) is 2. The van der Waals surface area contributed by atoms with E-state index in [1.54, 1.807) is 14.0 Å². The maximum Gasteiger partial charge on any atom is 0.219 e. The zero-order valence-corrected chi connectivity index (χ0v) is 10.0. The molecule has 0 radical (unpaired) electrons. The molecule has 1 heterocycles. The van der Waals surface area contributed by atoms with E-state index in [0.29, 0.717) is 12.1 Å². The normalized spacial score (nSPS) is 26.5. The summed E-state index contributed by atoms with van der Waals surface area (Å²) in [5.41, 5.74) is 0. The molecule has 1 aliphatic rings. The number of likely N-dealkylation sites (tertiary alicyclic amines) is 1. The Morgan fingerprint density at radius 2 is 2.00 bits per heavy atom. The van der Waals surface area contributed by atoms with E-state index >= 15 is 0 Å². The van der Waals surface area contributed by atoms with Crippen LogP contribution < -0.4 is 0 Å². The maximum absolute atomic E-state index is 11.1. The number of piperidine rings is 1. The van der Waals surface area contributed by atoms with Gasteiger partial charge in [0.05, 0.1) is 6.10 Å². The van der Waals surface area contributed by atoms with Crippen molar-refractivity contribution in [2.45, 2.75) is 52.7 Å². The summed E-state index contributed by atoms with van der Waals surface area (Å²) in [5, 5.41) is 0. The van der Waals surface area contributed by atoms with Gasteiger partial charge >= 0.3 is 0 Å². The second kappa shape index (κ2) is 6.82. The Morgan fingerprint density at radius 3 is 2.36 bits per heavy atom. The lowest BCUT2D eigenvalue weighted by atomic mass is 10.0. The van der Waals surface area contributed by atoms with Gasteiger partial charge in [0.1, 0.15) is 0 Å². The Morgan fingerprint density at radius 1 is 1.43 bits per heavy atom. The van der Waals surface area contributed by atoms with Crippen molar-refractivity contribution in [3.8, 4) is 0 Å². The Kier molecular flexibility index (Phi) is 6.54. The van der Waals surface area contributed by atoms with Crippen LogP contribution in [-0.2, 0) is 9.53 Å². The van der Waals surface area contributed by atoms with Gasteiger partial charge in [0.2, 0.25) is 5.91 Å². The summed E-state index contributed by atoms with van der Waals surface area (Å²) in [6.07, 6.45) is 2.28. The molecule has 0 saturated carbocycles. The number of carbonyl (C=O) groups excluding carboxylic acids is 1. The lowest BCUT2D eigenvalue weighted by molar-refractivity contribution is -0.134. The van der Waals surface area contributed by atoms with E-state index in [2.05, 4.69) is 6.92 Å². The Balaban J connectivity index is 0.000000791. The third-order valence-corrected chi connectivity index (χ3v) is 2.57. The van der Waals surface area contributed by atoms with Gasteiger partial charge in [-0.25, -0.2) is 0 Å². The first-order valence-electron chi connectivity index (χ1n) is 5.45. The van der Waals surface area contributed by atoms with Crippen molar-refractivity contribution in [2.75, 3.05) is 13.7 Å². The van der Waals surface area contributed by atoms with Gasteiger partial charge < -0.3 is 9.64 Å². The molecule has 14 heavy (non-hydrogen) atoms. The minimum atomic E-state index is 0.178. The first-order valence-corrected chi connectivity index (χ1v) is 5.45. The van der Waals surface area contributed by atoms with Gasteiger partial charge in [-0.05, 0) is 19.8 Å². The summed E-state index contributed by atoms with van der Waals surface area (Å²) in [5.74, 6) is 0.178. The number of nitrogens with zero attached hydrogens (tertiary/aromatic N) is 1. The van der Waals surface area contributed by atoms with Gasteiger partial charge in [0, 0.05) is 26.6 Å². The van der Waals surface area contributed by atoms with Crippen molar-refractivity contribution in [3.63, 3.8) is 0 Å². The minimum Gasteiger partial charge on any atom is -0.381 e. The number of methoxy groups -OCH3 is 1. The molecule has 0 N–H and O–H groups in total. The van der Waals surface area contributed by atoms with Crippen molar-refractivity contribution in [1.82, 2.24) is 4.90 Å². The second-order valence-corrected chi connectivity index (χ2v) is 3.44. The predicted molar refractivity (Wildman–Crippen MR) is 58.2 cm³/mol. The summed E-state index contributed by atoms with van der Waals surface area (Å²) in [7, 11) is 1.74. The SMILES string of the molecule is CC.COC1CCN(C(C)=O)C(C)C1. The molecule has 3 nitrogen and oxygen atoms in total. The maximum atomic E-state index is 11.1. The van der Waals surface area contributed by atoms with Crippen LogP contribution in [0, 0.1) is 0 Å². The third-order valence-electron chi connectivity index (χ3n) is 2.57. The molecule has 1 fully saturated rings. The van der Waals surface area contributed by atoms with E-state index in [9.17, 15) is 4.79 Å². The minimum absolute atomic E-state index is 0.178. The average molecular weight is 201 g/mol. The highest BCUT2D eigenvalue weighted by molar-refractivity contribution is 5.73. The zero-order chi connectivity index (χ0) is 11.1. The molecule has 1 amide bonds. The summed E-state index contributed by atoms with van der Waals surface area (Å²) < 4.78 is 5.25. The smallest absolute Gasteiger partial charge is 0.219 e. The van der Waals surface area contributed by atoms with E-state index in [-0.39, 0.29) is 5.91 Å². The quantitative estimate of drug-likeness (QED) is 0.650. The molecule has 2 unspecified atom stereocenters. The monoisotopic (exact) mass is 201 g/mol. The van der Waals surface area contributed by atoms with Gasteiger partial charge in [-0.3, -0.25) is 4.79 Å². The van der Waals surface area contributed by atoms with E-state index in [0.717, 1.165) is 19.4 Å². The van der Waals surface area contributed by atoms with E-state index < -0.39 is 0 Å². The first-order chi connectivity index (χ1) is 6.65. The lowest BCUT2D eigenvalue weighted by Gasteiger charge is -2.36. The number of amides is 1. The number of rotatable bonds is 1. The van der Waals surface area contributed by atoms with Crippen LogP contribution in [0.15, 0.2) is 0 Å². The Bertz CT molecular complexity index is 171. The summed E-state index contributed by atoms with van der Waals surface area (Å²) in [6, 6.07) is 0.334. The molecule has 1 aliphatic heterocycles. The third kappa shape index (κ3) is 3.66. The number of hydrogen-bond donors (Lipinski definition) is 0. The molecule has 1 saturated heterocycles. The zero-order valence-electron chi connectivity index (χ0n) is 10.0. The van der Waals surface area contributed by atoms with Crippen LogP contribution in [0.4, 0.5) is 0 Å². The van der Waals surface area contributed by atoms with Gasteiger partial charge in [0.25, 0.3) is 0 Å². The van der Waals surface area contributed by atoms with Crippen LogP contribution in [-0.4, -0.2) is 36.6 Å². The summed E-state index contributed by atoms with van der Waals surface area (Å²) >= 11 is 0. The molecule has 0 aliphatic carbocycles. The second-order valence-electron chi connectivity index (χ2n) is 3.44. The molecule has 3 heteroatoms. The fourth-order valence-corrected chi connectivity index (χ4v) is 1.81. The molecular weight excluding hydrogens is 178 g/mol. The van der Waals surface area contributed by atoms with E-state index in [1.807, 2.05) is 18.7 Å². The fourth-order valence-electron chi connectivity index (χ4n) is 1.81. The van der Waals surface area contributed by atoms with Gasteiger partial charge in [-0.1, -0.05) is 13.8 Å².